The van der Waals surface area contributed by atoms with Gasteiger partial charge >= 0.3 is 0 Å². The topological polar surface area (TPSA) is 20.2 Å². The Kier molecular flexibility index (Phi) is 2.57. The summed E-state index contributed by atoms with van der Waals surface area (Å²) in [5, 5.41) is 10.0. The van der Waals surface area contributed by atoms with Crippen LogP contribution in [0.5, 0.6) is 0 Å². The summed E-state index contributed by atoms with van der Waals surface area (Å²) in [6.07, 6.45) is 9.95. The third-order valence-electron chi connectivity index (χ3n) is 2.43. The second-order valence-electron chi connectivity index (χ2n) is 3.51. The lowest BCUT2D eigenvalue weighted by Crippen LogP contribution is -2.30. The van der Waals surface area contributed by atoms with E-state index in [1.165, 1.54) is 0 Å². The highest BCUT2D eigenvalue weighted by molar-refractivity contribution is 5.02. The van der Waals surface area contributed by atoms with E-state index in [1.54, 1.807) is 0 Å². The second-order valence-corrected chi connectivity index (χ2v) is 3.51. The summed E-state index contributed by atoms with van der Waals surface area (Å²) in [7, 11) is 0. The number of aliphatic hydroxyl groups is 1. The van der Waals surface area contributed by atoms with Gasteiger partial charge in [0.05, 0.1) is 5.60 Å². The lowest BCUT2D eigenvalue weighted by Gasteiger charge is -2.25. The average molecular weight is 152 g/mol. The lowest BCUT2D eigenvalue weighted by atomic mass is 9.89. The van der Waals surface area contributed by atoms with E-state index >= 15 is 0 Å². The number of hydrogen-bond acceptors (Lipinski definition) is 1. The summed E-state index contributed by atoms with van der Waals surface area (Å²) in [5.74, 6) is 3.06. The first kappa shape index (κ1) is 8.62. The van der Waals surface area contributed by atoms with Crippen molar-refractivity contribution in [1.82, 2.24) is 0 Å². The molecule has 0 radical (unpaired) electrons. The lowest BCUT2D eigenvalue weighted by molar-refractivity contribution is 0.0133. The van der Waals surface area contributed by atoms with Gasteiger partial charge in [-0.25, -0.2) is 0 Å². The van der Waals surface area contributed by atoms with Crippen LogP contribution >= 0.6 is 0 Å². The minimum atomic E-state index is -0.524. The molecule has 1 aliphatic carbocycles. The fourth-order valence-corrected chi connectivity index (χ4v) is 1.67. The van der Waals surface area contributed by atoms with Crippen LogP contribution < -0.4 is 0 Å². The van der Waals surface area contributed by atoms with Crippen LogP contribution in [0.1, 0.15) is 39.0 Å². The molecule has 11 heavy (non-hydrogen) atoms. The number of hydrogen-bond donors (Lipinski definition) is 1. The van der Waals surface area contributed by atoms with Crippen molar-refractivity contribution >= 4 is 0 Å². The Labute approximate surface area is 68.8 Å². The van der Waals surface area contributed by atoms with Gasteiger partial charge in [0, 0.05) is 6.42 Å². The molecule has 0 heterocycles. The molecule has 0 amide bonds. The van der Waals surface area contributed by atoms with E-state index in [0.717, 1.165) is 25.7 Å². The summed E-state index contributed by atoms with van der Waals surface area (Å²) < 4.78 is 0. The molecule has 1 atom stereocenters. The van der Waals surface area contributed by atoms with Gasteiger partial charge in [-0.3, -0.25) is 0 Å². The van der Waals surface area contributed by atoms with Crippen LogP contribution in [0.2, 0.25) is 0 Å². The Morgan fingerprint density at radius 2 is 2.27 bits per heavy atom. The zero-order chi connectivity index (χ0) is 8.32. The van der Waals surface area contributed by atoms with E-state index in [0.29, 0.717) is 12.3 Å². The smallest absolute Gasteiger partial charge is 0.0784 e. The molecular weight excluding hydrogens is 136 g/mol. The van der Waals surface area contributed by atoms with Crippen molar-refractivity contribution in [3.63, 3.8) is 0 Å². The van der Waals surface area contributed by atoms with Crippen LogP contribution in [0.25, 0.3) is 0 Å². The molecule has 0 spiro atoms. The first-order valence-corrected chi connectivity index (χ1v) is 4.39. The number of rotatable bonds is 4. The maximum absolute atomic E-state index is 10.0. The Morgan fingerprint density at radius 3 is 2.64 bits per heavy atom. The Morgan fingerprint density at radius 1 is 1.64 bits per heavy atom. The molecule has 1 aliphatic rings. The van der Waals surface area contributed by atoms with Crippen LogP contribution in [0.4, 0.5) is 0 Å². The molecule has 1 heteroatoms. The van der Waals surface area contributed by atoms with Crippen molar-refractivity contribution < 1.29 is 5.11 Å². The summed E-state index contributed by atoms with van der Waals surface area (Å²) in [6, 6.07) is 0. The quantitative estimate of drug-likeness (QED) is 0.610. The molecule has 1 nitrogen and oxygen atoms in total. The van der Waals surface area contributed by atoms with Crippen molar-refractivity contribution in [2.24, 2.45) is 5.92 Å². The molecule has 0 aromatic rings. The molecule has 1 fully saturated rings. The largest absolute Gasteiger partial charge is 0.389 e. The van der Waals surface area contributed by atoms with Gasteiger partial charge in [-0.2, -0.15) is 0 Å². The predicted molar refractivity (Wildman–Crippen MR) is 46.0 cm³/mol. The molecular formula is C10H16O. The molecule has 0 aromatic carbocycles. The fraction of sp³-hybridized carbons (Fsp3) is 0.800. The van der Waals surface area contributed by atoms with Gasteiger partial charge in [0.15, 0.2) is 0 Å². The van der Waals surface area contributed by atoms with Crippen molar-refractivity contribution in [1.29, 1.82) is 0 Å². The normalized spacial score (nSPS) is 22.3. The maximum Gasteiger partial charge on any atom is 0.0784 e. The first-order chi connectivity index (χ1) is 5.23. The van der Waals surface area contributed by atoms with E-state index in [4.69, 9.17) is 6.42 Å². The van der Waals surface area contributed by atoms with E-state index in [1.807, 2.05) is 0 Å². The first-order valence-electron chi connectivity index (χ1n) is 4.39. The monoisotopic (exact) mass is 152 g/mol. The van der Waals surface area contributed by atoms with Crippen LogP contribution in [0.3, 0.4) is 0 Å². The molecule has 0 bridgehead atoms. The standard InChI is InChI=1S/C10H16O/c1-3-7-10(11,8-4-2)9-5-6-9/h1,9,11H,4-8H2,2H3. The maximum atomic E-state index is 10.0. The molecule has 1 N–H and O–H groups in total. The molecule has 1 unspecified atom stereocenters. The third kappa shape index (κ3) is 1.97. The molecule has 1 saturated carbocycles. The van der Waals surface area contributed by atoms with E-state index in [9.17, 15) is 5.11 Å². The highest BCUT2D eigenvalue weighted by Crippen LogP contribution is 2.43. The molecule has 1 rings (SSSR count). The van der Waals surface area contributed by atoms with Crippen molar-refractivity contribution in [2.75, 3.05) is 0 Å². The van der Waals surface area contributed by atoms with Crippen LogP contribution in [0, 0.1) is 18.3 Å². The van der Waals surface area contributed by atoms with E-state index < -0.39 is 5.60 Å². The van der Waals surface area contributed by atoms with Crippen molar-refractivity contribution in [3.05, 3.63) is 0 Å². The minimum Gasteiger partial charge on any atom is -0.389 e. The zero-order valence-electron chi connectivity index (χ0n) is 7.14. The van der Waals surface area contributed by atoms with Gasteiger partial charge < -0.3 is 5.11 Å². The Balaban J connectivity index is 2.47. The molecule has 62 valence electrons. The molecule has 0 aliphatic heterocycles. The average Bonchev–Trinajstić information content (AvgIpc) is 2.68. The molecule has 0 saturated heterocycles. The summed E-state index contributed by atoms with van der Waals surface area (Å²) in [5.41, 5.74) is -0.524. The van der Waals surface area contributed by atoms with Crippen LogP contribution in [0.15, 0.2) is 0 Å². The minimum absolute atomic E-state index is 0.499. The van der Waals surface area contributed by atoms with Gasteiger partial charge in [0.1, 0.15) is 0 Å². The summed E-state index contributed by atoms with van der Waals surface area (Å²) in [4.78, 5) is 0. The van der Waals surface area contributed by atoms with Crippen molar-refractivity contribution in [3.8, 4) is 12.3 Å². The SMILES string of the molecule is C#CCC(O)(CCC)C1CC1. The Hall–Kier alpha value is -0.480. The van der Waals surface area contributed by atoms with Crippen LogP contribution in [-0.4, -0.2) is 10.7 Å². The van der Waals surface area contributed by atoms with Gasteiger partial charge in [-0.15, -0.1) is 12.3 Å². The van der Waals surface area contributed by atoms with E-state index in [-0.39, 0.29) is 0 Å². The summed E-state index contributed by atoms with van der Waals surface area (Å²) in [6.45, 7) is 2.09. The number of terminal acetylenes is 1. The van der Waals surface area contributed by atoms with Gasteiger partial charge in [-0.05, 0) is 25.2 Å². The third-order valence-corrected chi connectivity index (χ3v) is 2.43. The van der Waals surface area contributed by atoms with Crippen molar-refractivity contribution in [2.45, 2.75) is 44.6 Å². The zero-order valence-corrected chi connectivity index (χ0v) is 7.14. The van der Waals surface area contributed by atoms with Gasteiger partial charge in [0.25, 0.3) is 0 Å². The highest BCUT2D eigenvalue weighted by Gasteiger charge is 2.42. The van der Waals surface area contributed by atoms with Crippen LogP contribution in [-0.2, 0) is 0 Å². The Bertz CT molecular complexity index is 164. The van der Waals surface area contributed by atoms with Gasteiger partial charge in [0.2, 0.25) is 0 Å². The predicted octanol–water partition coefficient (Wildman–Crippen LogP) is 1.95. The molecule has 0 aromatic heterocycles. The second kappa shape index (κ2) is 3.28. The summed E-state index contributed by atoms with van der Waals surface area (Å²) >= 11 is 0. The highest BCUT2D eigenvalue weighted by atomic mass is 16.3. The van der Waals surface area contributed by atoms with E-state index in [2.05, 4.69) is 12.8 Å². The van der Waals surface area contributed by atoms with Gasteiger partial charge in [-0.1, -0.05) is 13.3 Å². The fourth-order valence-electron chi connectivity index (χ4n) is 1.67.